The third-order valence-electron chi connectivity index (χ3n) is 5.30. The maximum Gasteiger partial charge on any atom is 0.158 e. The highest BCUT2D eigenvalue weighted by Gasteiger charge is 2.29. The number of methoxy groups -OCH3 is 1. The molecule has 0 saturated carbocycles. The van der Waals surface area contributed by atoms with E-state index in [0.29, 0.717) is 12.0 Å². The number of rotatable bonds is 4. The molecule has 2 aliphatic rings. The van der Waals surface area contributed by atoms with Crippen LogP contribution in [0.15, 0.2) is 29.3 Å². The maximum atomic E-state index is 5.48. The molecule has 1 aromatic carbocycles. The predicted molar refractivity (Wildman–Crippen MR) is 117 cm³/mol. The lowest BCUT2D eigenvalue weighted by Gasteiger charge is -2.36. The fourth-order valence-electron chi connectivity index (χ4n) is 3.68. The highest BCUT2D eigenvalue weighted by molar-refractivity contribution is 7.16. The number of aliphatic imine (C=N–C) groups is 1. The number of thiazole rings is 1. The summed E-state index contributed by atoms with van der Waals surface area (Å²) in [7, 11) is 1.78. The molecule has 0 amide bonds. The van der Waals surface area contributed by atoms with E-state index in [2.05, 4.69) is 48.4 Å². The number of benzene rings is 1. The summed E-state index contributed by atoms with van der Waals surface area (Å²) in [6.07, 6.45) is 1.22. The standard InChI is InChI=1S/C21H29N5OS/c1-13(2)20-25-18-19(26-10-9-22-15(12-26)11-14(3)27-4)23-16-7-5-6-8-17(16)24-21(18)28-20/h5-8,13-15,22,24H,9-12H2,1-4H3/t14-,15-/m0/s1. The third-order valence-corrected chi connectivity index (χ3v) is 6.57. The molecule has 6 nitrogen and oxygen atoms in total. The zero-order valence-electron chi connectivity index (χ0n) is 17.0. The van der Waals surface area contributed by atoms with Crippen molar-refractivity contribution in [1.29, 1.82) is 0 Å². The Morgan fingerprint density at radius 3 is 2.89 bits per heavy atom. The molecule has 0 spiro atoms. The van der Waals surface area contributed by atoms with Crippen molar-refractivity contribution in [3.63, 3.8) is 0 Å². The van der Waals surface area contributed by atoms with Crippen molar-refractivity contribution in [2.45, 2.75) is 45.3 Å². The summed E-state index contributed by atoms with van der Waals surface area (Å²) < 4.78 is 5.48. The summed E-state index contributed by atoms with van der Waals surface area (Å²) >= 11 is 1.74. The van der Waals surface area contributed by atoms with Gasteiger partial charge in [0.1, 0.15) is 10.7 Å². The number of piperazine rings is 1. The number of fused-ring (bicyclic) bond motifs is 2. The zero-order chi connectivity index (χ0) is 19.7. The van der Waals surface area contributed by atoms with Crippen molar-refractivity contribution >= 4 is 33.5 Å². The highest BCUT2D eigenvalue weighted by atomic mass is 32.1. The van der Waals surface area contributed by atoms with Gasteiger partial charge in [-0.3, -0.25) is 0 Å². The average molecular weight is 400 g/mol. The van der Waals surface area contributed by atoms with E-state index in [-0.39, 0.29) is 6.10 Å². The van der Waals surface area contributed by atoms with Crippen LogP contribution >= 0.6 is 11.3 Å². The van der Waals surface area contributed by atoms with Crippen LogP contribution < -0.4 is 10.6 Å². The number of hydrogen-bond acceptors (Lipinski definition) is 7. The molecule has 2 N–H and O–H groups in total. The molecule has 1 saturated heterocycles. The van der Waals surface area contributed by atoms with E-state index >= 15 is 0 Å². The molecule has 2 aromatic rings. The second-order valence-electron chi connectivity index (χ2n) is 7.84. The van der Waals surface area contributed by atoms with Crippen LogP contribution in [0.25, 0.3) is 0 Å². The lowest BCUT2D eigenvalue weighted by molar-refractivity contribution is 0.0929. The van der Waals surface area contributed by atoms with Crippen molar-refractivity contribution < 1.29 is 4.74 Å². The van der Waals surface area contributed by atoms with Gasteiger partial charge >= 0.3 is 0 Å². The molecule has 3 heterocycles. The van der Waals surface area contributed by atoms with Gasteiger partial charge in [0, 0.05) is 38.7 Å². The SMILES string of the molecule is CO[C@@H](C)C[C@H]1CN(C2=Nc3ccccc3Nc3sc(C(C)C)nc32)CCN1. The van der Waals surface area contributed by atoms with Gasteiger partial charge in [0.25, 0.3) is 0 Å². The van der Waals surface area contributed by atoms with Crippen LogP contribution in [-0.4, -0.2) is 54.6 Å². The maximum absolute atomic E-state index is 5.48. The van der Waals surface area contributed by atoms with Crippen molar-refractivity contribution in [2.24, 2.45) is 4.99 Å². The molecule has 0 aliphatic carbocycles. The van der Waals surface area contributed by atoms with Gasteiger partial charge in [-0.05, 0) is 25.5 Å². The molecule has 1 aromatic heterocycles. The minimum absolute atomic E-state index is 0.235. The monoisotopic (exact) mass is 399 g/mol. The van der Waals surface area contributed by atoms with Gasteiger partial charge in [0.05, 0.1) is 22.5 Å². The fourth-order valence-corrected chi connectivity index (χ4v) is 4.66. The fraction of sp³-hybridized carbons (Fsp3) is 0.524. The van der Waals surface area contributed by atoms with Crippen molar-refractivity contribution in [1.82, 2.24) is 15.2 Å². The van der Waals surface area contributed by atoms with Gasteiger partial charge in [-0.1, -0.05) is 26.0 Å². The molecule has 28 heavy (non-hydrogen) atoms. The Morgan fingerprint density at radius 2 is 2.11 bits per heavy atom. The third kappa shape index (κ3) is 3.92. The lowest BCUT2D eigenvalue weighted by atomic mass is 10.1. The van der Waals surface area contributed by atoms with Gasteiger partial charge in [-0.2, -0.15) is 0 Å². The number of nitrogens with one attached hydrogen (secondary N) is 2. The quantitative estimate of drug-likeness (QED) is 0.810. The van der Waals surface area contributed by atoms with Gasteiger partial charge in [0.2, 0.25) is 0 Å². The molecule has 150 valence electrons. The number of aromatic nitrogens is 1. The summed E-state index contributed by atoms with van der Waals surface area (Å²) in [5.74, 6) is 1.38. The molecular formula is C21H29N5OS. The largest absolute Gasteiger partial charge is 0.382 e. The first kappa shape index (κ1) is 19.4. The molecule has 0 bridgehead atoms. The molecule has 0 unspecified atom stereocenters. The van der Waals surface area contributed by atoms with Crippen LogP contribution in [0.5, 0.6) is 0 Å². The molecule has 2 aliphatic heterocycles. The summed E-state index contributed by atoms with van der Waals surface area (Å²) in [5, 5.41) is 9.44. The Labute approximate surface area is 171 Å². The summed E-state index contributed by atoms with van der Waals surface area (Å²) in [6, 6.07) is 8.61. The summed E-state index contributed by atoms with van der Waals surface area (Å²) in [5.41, 5.74) is 2.98. The first-order valence-corrected chi connectivity index (χ1v) is 10.8. The minimum Gasteiger partial charge on any atom is -0.382 e. The van der Waals surface area contributed by atoms with Gasteiger partial charge in [0.15, 0.2) is 5.84 Å². The van der Waals surface area contributed by atoms with Crippen LogP contribution in [0, 0.1) is 0 Å². The van der Waals surface area contributed by atoms with Crippen molar-refractivity contribution in [2.75, 3.05) is 32.1 Å². The van der Waals surface area contributed by atoms with E-state index in [1.165, 1.54) is 0 Å². The molecule has 1 fully saturated rings. The average Bonchev–Trinajstić information content (AvgIpc) is 3.04. The zero-order valence-corrected chi connectivity index (χ0v) is 17.8. The van der Waals surface area contributed by atoms with E-state index in [4.69, 9.17) is 14.7 Å². The van der Waals surface area contributed by atoms with E-state index in [9.17, 15) is 0 Å². The first-order chi connectivity index (χ1) is 13.5. The Hall–Kier alpha value is -1.96. The number of amidine groups is 1. The van der Waals surface area contributed by atoms with E-state index < -0.39 is 0 Å². The molecule has 7 heteroatoms. The highest BCUT2D eigenvalue weighted by Crippen LogP contribution is 2.39. The number of hydrogen-bond donors (Lipinski definition) is 2. The number of ether oxygens (including phenoxy) is 1. The number of nitrogens with zero attached hydrogens (tertiary/aromatic N) is 3. The molecule has 4 rings (SSSR count). The van der Waals surface area contributed by atoms with Crippen LogP contribution in [0.3, 0.4) is 0 Å². The van der Waals surface area contributed by atoms with E-state index in [1.807, 2.05) is 12.1 Å². The number of para-hydroxylation sites is 2. The Bertz CT molecular complexity index is 862. The van der Waals surface area contributed by atoms with Crippen LogP contribution in [-0.2, 0) is 4.74 Å². The number of anilines is 2. The van der Waals surface area contributed by atoms with Crippen LogP contribution in [0.4, 0.5) is 16.4 Å². The Morgan fingerprint density at radius 1 is 1.29 bits per heavy atom. The molecular weight excluding hydrogens is 370 g/mol. The predicted octanol–water partition coefficient (Wildman–Crippen LogP) is 4.10. The van der Waals surface area contributed by atoms with Gasteiger partial charge in [-0.25, -0.2) is 9.98 Å². The normalized spacial score (nSPS) is 20.1. The summed E-state index contributed by atoms with van der Waals surface area (Å²) in [4.78, 5) is 12.5. The van der Waals surface area contributed by atoms with Gasteiger partial charge < -0.3 is 20.3 Å². The van der Waals surface area contributed by atoms with Crippen molar-refractivity contribution in [3.8, 4) is 0 Å². The van der Waals surface area contributed by atoms with E-state index in [1.54, 1.807) is 18.4 Å². The lowest BCUT2D eigenvalue weighted by Crippen LogP contribution is -2.53. The van der Waals surface area contributed by atoms with Gasteiger partial charge in [-0.15, -0.1) is 11.3 Å². The van der Waals surface area contributed by atoms with Crippen LogP contribution in [0.2, 0.25) is 0 Å². The van der Waals surface area contributed by atoms with Crippen LogP contribution in [0.1, 0.15) is 43.8 Å². The topological polar surface area (TPSA) is 61.8 Å². The summed E-state index contributed by atoms with van der Waals surface area (Å²) in [6.45, 7) is 9.27. The Balaban J connectivity index is 1.70. The molecule has 2 atom stereocenters. The van der Waals surface area contributed by atoms with E-state index in [0.717, 1.165) is 59.0 Å². The van der Waals surface area contributed by atoms with Crippen molar-refractivity contribution in [3.05, 3.63) is 35.0 Å². The smallest absolute Gasteiger partial charge is 0.158 e. The molecule has 0 radical (unpaired) electrons. The second-order valence-corrected chi connectivity index (χ2v) is 8.87. The second kappa shape index (κ2) is 8.19. The minimum atomic E-state index is 0.235. The first-order valence-electron chi connectivity index (χ1n) is 10.0. The Kier molecular flexibility index (Phi) is 5.66.